The summed E-state index contributed by atoms with van der Waals surface area (Å²) in [6.07, 6.45) is 1.23. The number of carbonyl (C=O) groups is 1. The van der Waals surface area contributed by atoms with E-state index >= 15 is 0 Å². The summed E-state index contributed by atoms with van der Waals surface area (Å²) in [7, 11) is 1.86. The Labute approximate surface area is 187 Å². The maximum absolute atomic E-state index is 13.4. The third-order valence-electron chi connectivity index (χ3n) is 6.20. The van der Waals surface area contributed by atoms with Crippen LogP contribution in [0.1, 0.15) is 29.4 Å². The zero-order valence-corrected chi connectivity index (χ0v) is 18.7. The normalized spacial score (nSPS) is 16.0. The second-order valence-electron chi connectivity index (χ2n) is 8.67. The van der Waals surface area contributed by atoms with Crippen LogP contribution in [0.5, 0.6) is 0 Å². The van der Waals surface area contributed by atoms with Crippen LogP contribution in [0.25, 0.3) is 22.3 Å². The summed E-state index contributed by atoms with van der Waals surface area (Å²) in [6, 6.07) is 19.9. The standard InChI is InChI=1S/C26H27N5O/c1-17-13-14-31(16-17)21-11-9-20(10-12-21)27-26(32)22-15-23(19-7-5-4-6-8-19)28-25-24(22)18(2)29-30(25)3/h4-12,15,17H,13-14,16H2,1-3H3,(H,27,32). The molecule has 5 rings (SSSR count). The molecule has 1 aliphatic heterocycles. The highest BCUT2D eigenvalue weighted by Gasteiger charge is 2.21. The fourth-order valence-corrected chi connectivity index (χ4v) is 4.50. The second kappa shape index (κ2) is 8.11. The summed E-state index contributed by atoms with van der Waals surface area (Å²) in [5.74, 6) is 0.568. The molecule has 0 bridgehead atoms. The lowest BCUT2D eigenvalue weighted by Crippen LogP contribution is -2.19. The number of pyridine rings is 1. The Balaban J connectivity index is 1.47. The number of amides is 1. The van der Waals surface area contributed by atoms with E-state index in [-0.39, 0.29) is 5.91 Å². The van der Waals surface area contributed by atoms with Crippen molar-refractivity contribution in [3.63, 3.8) is 0 Å². The van der Waals surface area contributed by atoms with Gasteiger partial charge in [-0.3, -0.25) is 9.48 Å². The number of aromatic nitrogens is 3. The van der Waals surface area contributed by atoms with Crippen LogP contribution >= 0.6 is 0 Å². The van der Waals surface area contributed by atoms with Crippen molar-refractivity contribution in [1.29, 1.82) is 0 Å². The van der Waals surface area contributed by atoms with Crippen molar-refractivity contribution in [2.24, 2.45) is 13.0 Å². The number of aryl methyl sites for hydroxylation is 2. The van der Waals surface area contributed by atoms with Crippen LogP contribution in [0, 0.1) is 12.8 Å². The van der Waals surface area contributed by atoms with Gasteiger partial charge in [-0.25, -0.2) is 4.98 Å². The van der Waals surface area contributed by atoms with E-state index < -0.39 is 0 Å². The smallest absolute Gasteiger partial charge is 0.256 e. The van der Waals surface area contributed by atoms with Gasteiger partial charge in [0.2, 0.25) is 0 Å². The quantitative estimate of drug-likeness (QED) is 0.497. The monoisotopic (exact) mass is 425 g/mol. The second-order valence-corrected chi connectivity index (χ2v) is 8.67. The van der Waals surface area contributed by atoms with Crippen LogP contribution in [0.3, 0.4) is 0 Å². The summed E-state index contributed by atoms with van der Waals surface area (Å²) >= 11 is 0. The molecule has 1 amide bonds. The van der Waals surface area contributed by atoms with E-state index in [1.807, 2.05) is 62.5 Å². The van der Waals surface area contributed by atoms with Crippen molar-refractivity contribution < 1.29 is 4.79 Å². The van der Waals surface area contributed by atoms with Crippen LogP contribution in [-0.2, 0) is 7.05 Å². The topological polar surface area (TPSA) is 63.1 Å². The highest BCUT2D eigenvalue weighted by Crippen LogP contribution is 2.28. The van der Waals surface area contributed by atoms with Gasteiger partial charge in [-0.1, -0.05) is 37.3 Å². The first-order valence-corrected chi connectivity index (χ1v) is 11.1. The molecule has 2 aromatic carbocycles. The van der Waals surface area contributed by atoms with Crippen molar-refractivity contribution in [2.45, 2.75) is 20.3 Å². The molecule has 3 heterocycles. The van der Waals surface area contributed by atoms with E-state index in [0.29, 0.717) is 11.2 Å². The number of rotatable bonds is 4. The fourth-order valence-electron chi connectivity index (χ4n) is 4.50. The van der Waals surface area contributed by atoms with Crippen LogP contribution < -0.4 is 10.2 Å². The van der Waals surface area contributed by atoms with Crippen molar-refractivity contribution >= 4 is 28.3 Å². The van der Waals surface area contributed by atoms with E-state index in [2.05, 4.69) is 34.4 Å². The molecule has 162 valence electrons. The average molecular weight is 426 g/mol. The van der Waals surface area contributed by atoms with E-state index in [1.54, 1.807) is 4.68 Å². The van der Waals surface area contributed by atoms with E-state index in [9.17, 15) is 4.79 Å². The molecule has 1 fully saturated rings. The Morgan fingerprint density at radius 1 is 1.09 bits per heavy atom. The Bertz CT molecular complexity index is 1280. The van der Waals surface area contributed by atoms with E-state index in [1.165, 1.54) is 12.1 Å². The Morgan fingerprint density at radius 3 is 2.53 bits per heavy atom. The number of carbonyl (C=O) groups excluding carboxylic acids is 1. The minimum Gasteiger partial charge on any atom is -0.371 e. The summed E-state index contributed by atoms with van der Waals surface area (Å²) in [6.45, 7) is 6.37. The van der Waals surface area contributed by atoms with Crippen LogP contribution in [0.2, 0.25) is 0 Å². The molecule has 1 atom stereocenters. The predicted octanol–water partition coefficient (Wildman–Crippen LogP) is 5.04. The number of nitrogens with one attached hydrogen (secondary N) is 1. The molecule has 0 saturated carbocycles. The molecule has 6 heteroatoms. The van der Waals surface area contributed by atoms with Gasteiger partial charge in [-0.05, 0) is 49.6 Å². The van der Waals surface area contributed by atoms with E-state index in [0.717, 1.165) is 47.0 Å². The summed E-state index contributed by atoms with van der Waals surface area (Å²) < 4.78 is 1.74. The lowest BCUT2D eigenvalue weighted by atomic mass is 10.0. The SMILES string of the molecule is Cc1nn(C)c2nc(-c3ccccc3)cc(C(=O)Nc3ccc(N4CCC(C)C4)cc3)c12. The number of anilines is 2. The van der Waals surface area contributed by atoms with Gasteiger partial charge in [-0.2, -0.15) is 5.10 Å². The molecule has 0 aliphatic carbocycles. The molecule has 1 saturated heterocycles. The number of benzene rings is 2. The molecule has 32 heavy (non-hydrogen) atoms. The van der Waals surface area contributed by atoms with Crippen molar-refractivity contribution in [2.75, 3.05) is 23.3 Å². The molecule has 0 radical (unpaired) electrons. The lowest BCUT2D eigenvalue weighted by molar-refractivity contribution is 0.102. The number of fused-ring (bicyclic) bond motifs is 1. The summed E-state index contributed by atoms with van der Waals surface area (Å²) in [5.41, 5.74) is 5.77. The van der Waals surface area contributed by atoms with Crippen LogP contribution in [0.4, 0.5) is 11.4 Å². The number of nitrogens with zero attached hydrogens (tertiary/aromatic N) is 4. The molecular formula is C26H27N5O. The lowest BCUT2D eigenvalue weighted by Gasteiger charge is -2.18. The largest absolute Gasteiger partial charge is 0.371 e. The highest BCUT2D eigenvalue weighted by molar-refractivity contribution is 6.13. The van der Waals surface area contributed by atoms with Gasteiger partial charge in [0.25, 0.3) is 5.91 Å². The van der Waals surface area contributed by atoms with Gasteiger partial charge in [0.1, 0.15) is 0 Å². The molecule has 4 aromatic rings. The van der Waals surface area contributed by atoms with Gasteiger partial charge in [0.05, 0.1) is 22.3 Å². The van der Waals surface area contributed by atoms with E-state index in [4.69, 9.17) is 4.98 Å². The first kappa shape index (κ1) is 20.2. The third kappa shape index (κ3) is 3.73. The van der Waals surface area contributed by atoms with Gasteiger partial charge in [-0.15, -0.1) is 0 Å². The zero-order chi connectivity index (χ0) is 22.2. The van der Waals surface area contributed by atoms with Crippen LogP contribution in [-0.4, -0.2) is 33.8 Å². The molecule has 1 aliphatic rings. The minimum absolute atomic E-state index is 0.159. The molecule has 2 aromatic heterocycles. The molecule has 6 nitrogen and oxygen atoms in total. The van der Waals surface area contributed by atoms with Gasteiger partial charge in [0.15, 0.2) is 5.65 Å². The summed E-state index contributed by atoms with van der Waals surface area (Å²) in [5, 5.41) is 8.36. The molecule has 1 unspecified atom stereocenters. The average Bonchev–Trinajstić information content (AvgIpc) is 3.37. The first-order valence-electron chi connectivity index (χ1n) is 11.1. The number of hydrogen-bond donors (Lipinski definition) is 1. The predicted molar refractivity (Wildman–Crippen MR) is 129 cm³/mol. The third-order valence-corrected chi connectivity index (χ3v) is 6.20. The number of hydrogen-bond acceptors (Lipinski definition) is 4. The van der Waals surface area contributed by atoms with Gasteiger partial charge >= 0.3 is 0 Å². The van der Waals surface area contributed by atoms with Gasteiger partial charge < -0.3 is 10.2 Å². The maximum Gasteiger partial charge on any atom is 0.256 e. The Morgan fingerprint density at radius 2 is 1.84 bits per heavy atom. The van der Waals surface area contributed by atoms with Crippen molar-refractivity contribution in [1.82, 2.24) is 14.8 Å². The Kier molecular flexibility index (Phi) is 5.13. The van der Waals surface area contributed by atoms with Crippen molar-refractivity contribution in [3.8, 4) is 11.3 Å². The highest BCUT2D eigenvalue weighted by atomic mass is 16.1. The summed E-state index contributed by atoms with van der Waals surface area (Å²) in [4.78, 5) is 20.6. The fraction of sp³-hybridized carbons (Fsp3) is 0.269. The Hall–Kier alpha value is -3.67. The molecule has 1 N–H and O–H groups in total. The van der Waals surface area contributed by atoms with Crippen molar-refractivity contribution in [3.05, 3.63) is 71.9 Å². The maximum atomic E-state index is 13.4. The molecule has 0 spiro atoms. The molecular weight excluding hydrogens is 398 g/mol. The van der Waals surface area contributed by atoms with Gasteiger partial charge in [0, 0.05) is 37.1 Å². The first-order chi connectivity index (χ1) is 15.5. The minimum atomic E-state index is -0.159. The zero-order valence-electron chi connectivity index (χ0n) is 18.7. The van der Waals surface area contributed by atoms with Crippen LogP contribution in [0.15, 0.2) is 60.7 Å².